The molecule has 1 aliphatic rings. The first-order valence-electron chi connectivity index (χ1n) is 5.65. The van der Waals surface area contributed by atoms with Crippen LogP contribution in [0.15, 0.2) is 0 Å². The van der Waals surface area contributed by atoms with Gasteiger partial charge in [0.05, 0.1) is 12.6 Å². The molecule has 1 heterocycles. The third kappa shape index (κ3) is 2.59. The lowest BCUT2D eigenvalue weighted by atomic mass is 9.98. The van der Waals surface area contributed by atoms with E-state index in [1.165, 1.54) is 0 Å². The number of carbonyl (C=O) groups is 2. The summed E-state index contributed by atoms with van der Waals surface area (Å²) in [5, 5.41) is 11.8. The van der Waals surface area contributed by atoms with Gasteiger partial charge in [-0.15, -0.1) is 6.42 Å². The van der Waals surface area contributed by atoms with E-state index < -0.39 is 17.6 Å². The normalized spacial score (nSPS) is 26.2. The van der Waals surface area contributed by atoms with Gasteiger partial charge in [-0.05, 0) is 26.7 Å². The van der Waals surface area contributed by atoms with E-state index >= 15 is 0 Å². The smallest absolute Gasteiger partial charge is 0.323 e. The van der Waals surface area contributed by atoms with Gasteiger partial charge in [0, 0.05) is 6.54 Å². The van der Waals surface area contributed by atoms with Crippen molar-refractivity contribution < 1.29 is 14.7 Å². The zero-order valence-corrected chi connectivity index (χ0v) is 10.2. The molecule has 0 aromatic heterocycles. The molecule has 0 aromatic rings. The zero-order valence-electron chi connectivity index (χ0n) is 10.2. The lowest BCUT2D eigenvalue weighted by molar-refractivity contribution is -0.151. The summed E-state index contributed by atoms with van der Waals surface area (Å²) in [5.74, 6) is 1.21. The van der Waals surface area contributed by atoms with Crippen LogP contribution in [0.2, 0.25) is 0 Å². The van der Waals surface area contributed by atoms with Crippen molar-refractivity contribution in [2.75, 3.05) is 13.1 Å². The van der Waals surface area contributed by atoms with Crippen LogP contribution in [0.1, 0.15) is 26.7 Å². The van der Waals surface area contributed by atoms with Crippen molar-refractivity contribution >= 4 is 11.9 Å². The summed E-state index contributed by atoms with van der Waals surface area (Å²) >= 11 is 0. The highest BCUT2D eigenvalue weighted by atomic mass is 16.4. The van der Waals surface area contributed by atoms with E-state index in [-0.39, 0.29) is 12.5 Å². The first-order chi connectivity index (χ1) is 7.93. The number of carboxylic acid groups (broad SMARTS) is 1. The molecular formula is C12H18N2O3. The van der Waals surface area contributed by atoms with Gasteiger partial charge in [0.25, 0.3) is 0 Å². The number of carboxylic acids is 1. The number of rotatable bonds is 4. The Hall–Kier alpha value is -1.54. The maximum atomic E-state index is 11.8. The van der Waals surface area contributed by atoms with E-state index in [0.29, 0.717) is 13.0 Å². The Labute approximate surface area is 101 Å². The molecule has 2 atom stereocenters. The number of nitrogens with one attached hydrogen (secondary N) is 1. The summed E-state index contributed by atoms with van der Waals surface area (Å²) < 4.78 is 0. The SMILES string of the molecule is C#CCNC(=O)C(C)N1CCCC1(C)C(=O)O. The molecule has 5 heteroatoms. The predicted octanol–water partition coefficient (Wildman–Crippen LogP) is 0.0634. The van der Waals surface area contributed by atoms with Crippen LogP contribution in [-0.2, 0) is 9.59 Å². The van der Waals surface area contributed by atoms with Gasteiger partial charge in [0.2, 0.25) is 5.91 Å². The number of aliphatic carboxylic acids is 1. The molecule has 0 bridgehead atoms. The van der Waals surface area contributed by atoms with Crippen LogP contribution in [0.4, 0.5) is 0 Å². The van der Waals surface area contributed by atoms with Crippen molar-refractivity contribution in [3.63, 3.8) is 0 Å². The van der Waals surface area contributed by atoms with Crippen LogP contribution in [0.5, 0.6) is 0 Å². The summed E-state index contributed by atoms with van der Waals surface area (Å²) in [6, 6.07) is -0.480. The summed E-state index contributed by atoms with van der Waals surface area (Å²) in [6.07, 6.45) is 6.41. The molecule has 1 rings (SSSR count). The topological polar surface area (TPSA) is 69.6 Å². The van der Waals surface area contributed by atoms with Crippen molar-refractivity contribution in [3.05, 3.63) is 0 Å². The number of hydrogen-bond donors (Lipinski definition) is 2. The molecule has 1 fully saturated rings. The minimum absolute atomic E-state index is 0.167. The quantitative estimate of drug-likeness (QED) is 0.680. The fraction of sp³-hybridized carbons (Fsp3) is 0.667. The Kier molecular flexibility index (Phi) is 4.13. The monoisotopic (exact) mass is 238 g/mol. The number of likely N-dealkylation sites (tertiary alicyclic amines) is 1. The van der Waals surface area contributed by atoms with E-state index in [1.807, 2.05) is 0 Å². The number of terminal acetylenes is 1. The molecule has 0 radical (unpaired) electrons. The lowest BCUT2D eigenvalue weighted by Crippen LogP contribution is -2.56. The summed E-state index contributed by atoms with van der Waals surface area (Å²) in [6.45, 7) is 4.15. The average Bonchev–Trinajstić information content (AvgIpc) is 2.68. The number of hydrogen-bond acceptors (Lipinski definition) is 3. The van der Waals surface area contributed by atoms with Gasteiger partial charge in [-0.1, -0.05) is 5.92 Å². The van der Waals surface area contributed by atoms with Crippen LogP contribution in [0.25, 0.3) is 0 Å². The highest BCUT2D eigenvalue weighted by Gasteiger charge is 2.46. The minimum Gasteiger partial charge on any atom is -0.480 e. The maximum absolute atomic E-state index is 11.8. The Morgan fingerprint density at radius 3 is 2.82 bits per heavy atom. The summed E-state index contributed by atoms with van der Waals surface area (Å²) in [7, 11) is 0. The second-order valence-corrected chi connectivity index (χ2v) is 4.47. The minimum atomic E-state index is -0.951. The molecule has 0 spiro atoms. The molecular weight excluding hydrogens is 220 g/mol. The van der Waals surface area contributed by atoms with Crippen LogP contribution in [-0.4, -0.2) is 46.6 Å². The molecule has 94 valence electrons. The van der Waals surface area contributed by atoms with E-state index in [2.05, 4.69) is 11.2 Å². The van der Waals surface area contributed by atoms with Crippen LogP contribution < -0.4 is 5.32 Å². The van der Waals surface area contributed by atoms with Crippen molar-refractivity contribution in [1.82, 2.24) is 10.2 Å². The van der Waals surface area contributed by atoms with Gasteiger partial charge in [-0.3, -0.25) is 14.5 Å². The molecule has 2 N–H and O–H groups in total. The predicted molar refractivity (Wildman–Crippen MR) is 63.3 cm³/mol. The molecule has 0 aliphatic carbocycles. The van der Waals surface area contributed by atoms with Crippen LogP contribution in [0.3, 0.4) is 0 Å². The molecule has 1 aliphatic heterocycles. The largest absolute Gasteiger partial charge is 0.480 e. The van der Waals surface area contributed by atoms with E-state index in [9.17, 15) is 14.7 Å². The number of amides is 1. The maximum Gasteiger partial charge on any atom is 0.323 e. The molecule has 1 amide bonds. The standard InChI is InChI=1S/C12H18N2O3/c1-4-7-13-10(15)9(2)14-8-5-6-12(14,3)11(16)17/h1,9H,5-8H2,2-3H3,(H,13,15)(H,16,17). The van der Waals surface area contributed by atoms with Gasteiger partial charge in [0.15, 0.2) is 0 Å². The van der Waals surface area contributed by atoms with E-state index in [1.54, 1.807) is 18.7 Å². The number of nitrogens with zero attached hydrogens (tertiary/aromatic N) is 1. The first-order valence-corrected chi connectivity index (χ1v) is 5.65. The third-order valence-electron chi connectivity index (χ3n) is 3.37. The molecule has 0 aromatic carbocycles. The molecule has 0 saturated carbocycles. The fourth-order valence-corrected chi connectivity index (χ4v) is 2.26. The lowest BCUT2D eigenvalue weighted by Gasteiger charge is -2.35. The van der Waals surface area contributed by atoms with E-state index in [4.69, 9.17) is 6.42 Å². The fourth-order valence-electron chi connectivity index (χ4n) is 2.26. The first kappa shape index (κ1) is 13.5. The molecule has 17 heavy (non-hydrogen) atoms. The highest BCUT2D eigenvalue weighted by Crippen LogP contribution is 2.31. The van der Waals surface area contributed by atoms with Crippen LogP contribution in [0, 0.1) is 12.3 Å². The second-order valence-electron chi connectivity index (χ2n) is 4.47. The molecule has 5 nitrogen and oxygen atoms in total. The van der Waals surface area contributed by atoms with Crippen molar-refractivity contribution in [1.29, 1.82) is 0 Å². The summed E-state index contributed by atoms with van der Waals surface area (Å²) in [4.78, 5) is 24.8. The van der Waals surface area contributed by atoms with Gasteiger partial charge >= 0.3 is 5.97 Å². The van der Waals surface area contributed by atoms with Crippen molar-refractivity contribution in [2.24, 2.45) is 0 Å². The van der Waals surface area contributed by atoms with Gasteiger partial charge in [-0.2, -0.15) is 0 Å². The zero-order chi connectivity index (χ0) is 13.1. The van der Waals surface area contributed by atoms with Crippen LogP contribution >= 0.6 is 0 Å². The van der Waals surface area contributed by atoms with Crippen molar-refractivity contribution in [2.45, 2.75) is 38.3 Å². The number of carbonyl (C=O) groups excluding carboxylic acids is 1. The van der Waals surface area contributed by atoms with Gasteiger partial charge in [0.1, 0.15) is 5.54 Å². The van der Waals surface area contributed by atoms with Gasteiger partial charge < -0.3 is 10.4 Å². The average molecular weight is 238 g/mol. The molecule has 2 unspecified atom stereocenters. The highest BCUT2D eigenvalue weighted by molar-refractivity contribution is 5.84. The molecule has 1 saturated heterocycles. The van der Waals surface area contributed by atoms with Gasteiger partial charge in [-0.25, -0.2) is 0 Å². The third-order valence-corrected chi connectivity index (χ3v) is 3.37. The Morgan fingerprint density at radius 1 is 1.65 bits per heavy atom. The summed E-state index contributed by atoms with van der Waals surface area (Å²) in [5.41, 5.74) is -0.951. The van der Waals surface area contributed by atoms with Crippen molar-refractivity contribution in [3.8, 4) is 12.3 Å². The Bertz CT molecular complexity index is 361. The second kappa shape index (κ2) is 5.19. The Morgan fingerprint density at radius 2 is 2.29 bits per heavy atom. The van der Waals surface area contributed by atoms with E-state index in [0.717, 1.165) is 6.42 Å². The Balaban J connectivity index is 2.75.